The van der Waals surface area contributed by atoms with E-state index in [-0.39, 0.29) is 18.2 Å². The Morgan fingerprint density at radius 3 is 2.53 bits per heavy atom. The lowest BCUT2D eigenvalue weighted by Crippen LogP contribution is -2.16. The average molecular weight is 276 g/mol. The third kappa shape index (κ3) is 4.63. The zero-order chi connectivity index (χ0) is 14.5. The molecule has 0 aliphatic heterocycles. The van der Waals surface area contributed by atoms with Gasteiger partial charge in [-0.1, -0.05) is 13.3 Å². The fourth-order valence-electron chi connectivity index (χ4n) is 1.79. The SMILES string of the molecule is CCC(CCO)CNc1ccc(C(F)(F)F)cc1N. The number of aliphatic hydroxyl groups excluding tert-OH is 1. The van der Waals surface area contributed by atoms with Gasteiger partial charge in [-0.25, -0.2) is 0 Å². The van der Waals surface area contributed by atoms with Crippen LogP contribution in [0.3, 0.4) is 0 Å². The van der Waals surface area contributed by atoms with Crippen molar-refractivity contribution in [3.8, 4) is 0 Å². The molecule has 1 aromatic carbocycles. The van der Waals surface area contributed by atoms with E-state index in [1.807, 2.05) is 6.92 Å². The molecule has 0 aliphatic carbocycles. The van der Waals surface area contributed by atoms with Crippen LogP contribution in [-0.4, -0.2) is 18.3 Å². The summed E-state index contributed by atoms with van der Waals surface area (Å²) in [5.74, 6) is 0.270. The van der Waals surface area contributed by atoms with Crippen LogP contribution < -0.4 is 11.1 Å². The fraction of sp³-hybridized carbons (Fsp3) is 0.538. The monoisotopic (exact) mass is 276 g/mol. The van der Waals surface area contributed by atoms with Crippen LogP contribution in [0.4, 0.5) is 24.5 Å². The fourth-order valence-corrected chi connectivity index (χ4v) is 1.79. The second kappa shape index (κ2) is 6.65. The number of nitrogens with two attached hydrogens (primary N) is 1. The maximum atomic E-state index is 12.5. The van der Waals surface area contributed by atoms with Crippen LogP contribution in [0.5, 0.6) is 0 Å². The van der Waals surface area contributed by atoms with Gasteiger partial charge in [-0.2, -0.15) is 13.2 Å². The Hall–Kier alpha value is -1.43. The molecule has 1 aromatic rings. The second-order valence-electron chi connectivity index (χ2n) is 4.47. The van der Waals surface area contributed by atoms with Gasteiger partial charge >= 0.3 is 6.18 Å². The Morgan fingerprint density at radius 2 is 2.05 bits per heavy atom. The van der Waals surface area contributed by atoms with E-state index < -0.39 is 11.7 Å². The highest BCUT2D eigenvalue weighted by Crippen LogP contribution is 2.32. The van der Waals surface area contributed by atoms with Gasteiger partial charge < -0.3 is 16.2 Å². The van der Waals surface area contributed by atoms with E-state index in [2.05, 4.69) is 5.32 Å². The number of benzene rings is 1. The van der Waals surface area contributed by atoms with Crippen LogP contribution in [0.15, 0.2) is 18.2 Å². The van der Waals surface area contributed by atoms with Crippen LogP contribution in [0.25, 0.3) is 0 Å². The first-order valence-electron chi connectivity index (χ1n) is 6.20. The maximum Gasteiger partial charge on any atom is 0.416 e. The van der Waals surface area contributed by atoms with Crippen molar-refractivity contribution in [2.75, 3.05) is 24.2 Å². The molecule has 0 heterocycles. The van der Waals surface area contributed by atoms with Crippen LogP contribution in [0, 0.1) is 5.92 Å². The van der Waals surface area contributed by atoms with Gasteiger partial charge in [0, 0.05) is 13.2 Å². The molecule has 0 saturated heterocycles. The number of rotatable bonds is 6. The summed E-state index contributed by atoms with van der Waals surface area (Å²) in [4.78, 5) is 0. The van der Waals surface area contributed by atoms with Crippen molar-refractivity contribution >= 4 is 11.4 Å². The average Bonchev–Trinajstić information content (AvgIpc) is 2.34. The number of hydrogen-bond acceptors (Lipinski definition) is 3. The van der Waals surface area contributed by atoms with E-state index in [9.17, 15) is 13.2 Å². The molecular formula is C13H19F3N2O. The molecule has 4 N–H and O–H groups in total. The van der Waals surface area contributed by atoms with Gasteiger partial charge in [0.25, 0.3) is 0 Å². The van der Waals surface area contributed by atoms with E-state index in [1.54, 1.807) is 0 Å². The molecule has 0 aliphatic rings. The summed E-state index contributed by atoms with van der Waals surface area (Å²) in [6.45, 7) is 2.67. The van der Waals surface area contributed by atoms with Crippen molar-refractivity contribution in [2.45, 2.75) is 25.9 Å². The lowest BCUT2D eigenvalue weighted by atomic mass is 10.0. The first-order chi connectivity index (χ1) is 8.88. The van der Waals surface area contributed by atoms with E-state index in [4.69, 9.17) is 10.8 Å². The maximum absolute atomic E-state index is 12.5. The minimum absolute atomic E-state index is 0.0775. The molecule has 19 heavy (non-hydrogen) atoms. The summed E-state index contributed by atoms with van der Waals surface area (Å²) in [6.07, 6.45) is -2.84. The normalized spacial score (nSPS) is 13.3. The lowest BCUT2D eigenvalue weighted by Gasteiger charge is -2.17. The zero-order valence-corrected chi connectivity index (χ0v) is 10.8. The largest absolute Gasteiger partial charge is 0.416 e. The van der Waals surface area contributed by atoms with Crippen LogP contribution in [0.2, 0.25) is 0 Å². The summed E-state index contributed by atoms with van der Waals surface area (Å²) >= 11 is 0. The smallest absolute Gasteiger partial charge is 0.397 e. The first-order valence-corrected chi connectivity index (χ1v) is 6.20. The molecule has 0 aromatic heterocycles. The summed E-state index contributed by atoms with van der Waals surface area (Å²) in [5.41, 5.74) is 5.42. The van der Waals surface area contributed by atoms with Crippen molar-refractivity contribution in [3.05, 3.63) is 23.8 Å². The molecule has 1 atom stereocenters. The van der Waals surface area contributed by atoms with Crippen LogP contribution >= 0.6 is 0 Å². The van der Waals surface area contributed by atoms with Crippen molar-refractivity contribution in [1.29, 1.82) is 0 Å². The molecular weight excluding hydrogens is 257 g/mol. The molecule has 1 unspecified atom stereocenters. The predicted octanol–water partition coefficient (Wildman–Crippen LogP) is 3.11. The molecule has 0 amide bonds. The molecule has 0 bridgehead atoms. The van der Waals surface area contributed by atoms with Crippen molar-refractivity contribution in [2.24, 2.45) is 5.92 Å². The van der Waals surface area contributed by atoms with E-state index in [0.29, 0.717) is 18.7 Å². The molecule has 6 heteroatoms. The topological polar surface area (TPSA) is 58.3 Å². The van der Waals surface area contributed by atoms with Gasteiger partial charge in [-0.3, -0.25) is 0 Å². The molecule has 1 rings (SSSR count). The summed E-state index contributed by atoms with van der Waals surface area (Å²) in [5, 5.41) is 11.9. The van der Waals surface area contributed by atoms with Gasteiger partial charge in [0.05, 0.1) is 16.9 Å². The minimum Gasteiger partial charge on any atom is -0.397 e. The predicted molar refractivity (Wildman–Crippen MR) is 69.8 cm³/mol. The summed E-state index contributed by atoms with van der Waals surface area (Å²) in [6, 6.07) is 3.27. The van der Waals surface area contributed by atoms with Crippen LogP contribution in [-0.2, 0) is 6.18 Å². The molecule has 108 valence electrons. The Morgan fingerprint density at radius 1 is 1.37 bits per heavy atom. The number of aliphatic hydroxyl groups is 1. The number of alkyl halides is 3. The molecule has 3 nitrogen and oxygen atoms in total. The molecule has 0 fully saturated rings. The lowest BCUT2D eigenvalue weighted by molar-refractivity contribution is -0.137. The standard InChI is InChI=1S/C13H19F3N2O/c1-2-9(5-6-19)8-18-12-4-3-10(7-11(12)17)13(14,15)16/h3-4,7,9,18-19H,2,5-6,8,17H2,1H3. The van der Waals surface area contributed by atoms with Crippen molar-refractivity contribution < 1.29 is 18.3 Å². The summed E-state index contributed by atoms with van der Waals surface area (Å²) < 4.78 is 37.4. The van der Waals surface area contributed by atoms with Crippen LogP contribution in [0.1, 0.15) is 25.3 Å². The Balaban J connectivity index is 2.70. The Kier molecular flexibility index (Phi) is 5.47. The minimum atomic E-state index is -4.38. The van der Waals surface area contributed by atoms with Crippen molar-refractivity contribution in [3.63, 3.8) is 0 Å². The molecule has 0 saturated carbocycles. The Labute approximate surface area is 110 Å². The number of halogens is 3. The number of nitrogens with one attached hydrogen (secondary N) is 1. The third-order valence-corrected chi connectivity index (χ3v) is 3.07. The first kappa shape index (κ1) is 15.6. The number of nitrogen functional groups attached to an aromatic ring is 1. The Bertz CT molecular complexity index is 407. The molecule has 0 radical (unpaired) electrons. The highest BCUT2D eigenvalue weighted by Gasteiger charge is 2.30. The van der Waals surface area contributed by atoms with Gasteiger partial charge in [-0.05, 0) is 30.5 Å². The van der Waals surface area contributed by atoms with E-state index in [1.165, 1.54) is 6.07 Å². The van der Waals surface area contributed by atoms with E-state index >= 15 is 0 Å². The second-order valence-corrected chi connectivity index (χ2v) is 4.47. The highest BCUT2D eigenvalue weighted by atomic mass is 19.4. The molecule has 0 spiro atoms. The van der Waals surface area contributed by atoms with Gasteiger partial charge in [-0.15, -0.1) is 0 Å². The zero-order valence-electron chi connectivity index (χ0n) is 10.8. The number of anilines is 2. The summed E-state index contributed by atoms with van der Waals surface area (Å²) in [7, 11) is 0. The van der Waals surface area contributed by atoms with Gasteiger partial charge in [0.2, 0.25) is 0 Å². The van der Waals surface area contributed by atoms with Crippen molar-refractivity contribution in [1.82, 2.24) is 0 Å². The quantitative estimate of drug-likeness (QED) is 0.700. The van der Waals surface area contributed by atoms with E-state index in [0.717, 1.165) is 18.6 Å². The van der Waals surface area contributed by atoms with Gasteiger partial charge in [0.1, 0.15) is 0 Å². The highest BCUT2D eigenvalue weighted by molar-refractivity contribution is 5.67. The number of hydrogen-bond donors (Lipinski definition) is 3. The third-order valence-electron chi connectivity index (χ3n) is 3.07. The van der Waals surface area contributed by atoms with Gasteiger partial charge in [0.15, 0.2) is 0 Å².